The summed E-state index contributed by atoms with van der Waals surface area (Å²) in [4.78, 5) is 20.2. The van der Waals surface area contributed by atoms with Crippen LogP contribution in [0.2, 0.25) is 0 Å². The number of hydrogen-bond acceptors (Lipinski definition) is 4. The zero-order chi connectivity index (χ0) is 25.1. The van der Waals surface area contributed by atoms with Gasteiger partial charge in [0.2, 0.25) is 5.91 Å². The lowest BCUT2D eigenvalue weighted by molar-refractivity contribution is -0.121. The first-order valence-corrected chi connectivity index (χ1v) is 11.7. The summed E-state index contributed by atoms with van der Waals surface area (Å²) in [5, 5.41) is 7.98. The van der Waals surface area contributed by atoms with E-state index in [4.69, 9.17) is 4.74 Å². The minimum absolute atomic E-state index is 0.0747. The highest BCUT2D eigenvalue weighted by Crippen LogP contribution is 2.33. The third kappa shape index (κ3) is 4.84. The van der Waals surface area contributed by atoms with Gasteiger partial charge in [-0.15, -0.1) is 0 Å². The van der Waals surface area contributed by atoms with Gasteiger partial charge in [0.15, 0.2) is 0 Å². The molecule has 2 aromatic heterocycles. The number of nitrogens with one attached hydrogen (secondary N) is 2. The van der Waals surface area contributed by atoms with E-state index in [0.717, 1.165) is 44.7 Å². The lowest BCUT2D eigenvalue weighted by Gasteiger charge is -2.15. The maximum Gasteiger partial charge on any atom is 0.220 e. The Morgan fingerprint density at radius 3 is 2.58 bits per heavy atom. The first-order valence-electron chi connectivity index (χ1n) is 11.7. The van der Waals surface area contributed by atoms with Crippen LogP contribution in [-0.2, 0) is 11.2 Å². The molecule has 5 rings (SSSR count). The van der Waals surface area contributed by atoms with E-state index in [1.807, 2.05) is 55.5 Å². The molecule has 182 valence electrons. The molecule has 0 bridgehead atoms. The first kappa shape index (κ1) is 23.3. The van der Waals surface area contributed by atoms with Crippen LogP contribution in [0.1, 0.15) is 30.5 Å². The Morgan fingerprint density at radius 2 is 1.89 bits per heavy atom. The minimum atomic E-state index is -0.309. The molecule has 3 aromatic carbocycles. The van der Waals surface area contributed by atoms with Gasteiger partial charge in [-0.25, -0.2) is 14.1 Å². The lowest BCUT2D eigenvalue weighted by atomic mass is 10.0. The summed E-state index contributed by atoms with van der Waals surface area (Å²) < 4.78 is 21.0. The van der Waals surface area contributed by atoms with Gasteiger partial charge in [-0.2, -0.15) is 5.10 Å². The second-order valence-electron chi connectivity index (χ2n) is 8.62. The summed E-state index contributed by atoms with van der Waals surface area (Å²) in [5.74, 6) is 0.371. The molecule has 2 heterocycles. The molecular weight excluding hydrogens is 457 g/mol. The van der Waals surface area contributed by atoms with Gasteiger partial charge < -0.3 is 15.0 Å². The number of aryl methyl sites for hydroxylation is 1. The molecule has 0 fully saturated rings. The second kappa shape index (κ2) is 10.0. The summed E-state index contributed by atoms with van der Waals surface area (Å²) in [7, 11) is 1.62. The molecule has 8 heteroatoms. The van der Waals surface area contributed by atoms with Crippen molar-refractivity contribution in [2.24, 2.45) is 0 Å². The van der Waals surface area contributed by atoms with Gasteiger partial charge in [-0.05, 0) is 84.6 Å². The Hall–Kier alpha value is -4.46. The van der Waals surface area contributed by atoms with Gasteiger partial charge in [0.25, 0.3) is 0 Å². The van der Waals surface area contributed by atoms with Crippen molar-refractivity contribution in [3.05, 3.63) is 96.3 Å². The van der Waals surface area contributed by atoms with Crippen LogP contribution in [0.25, 0.3) is 27.8 Å². The molecule has 1 amide bonds. The highest BCUT2D eigenvalue weighted by molar-refractivity contribution is 5.91. The zero-order valence-electron chi connectivity index (χ0n) is 20.0. The van der Waals surface area contributed by atoms with Crippen molar-refractivity contribution in [2.75, 3.05) is 7.11 Å². The van der Waals surface area contributed by atoms with Crippen molar-refractivity contribution < 1.29 is 13.9 Å². The van der Waals surface area contributed by atoms with E-state index in [9.17, 15) is 9.18 Å². The number of fused-ring (bicyclic) bond motifs is 1. The predicted molar refractivity (Wildman–Crippen MR) is 136 cm³/mol. The summed E-state index contributed by atoms with van der Waals surface area (Å²) in [6, 6.07) is 20.0. The van der Waals surface area contributed by atoms with E-state index in [1.54, 1.807) is 24.2 Å². The van der Waals surface area contributed by atoms with Gasteiger partial charge in [0.05, 0.1) is 18.8 Å². The number of rotatable bonds is 8. The minimum Gasteiger partial charge on any atom is -0.497 e. The quantitative estimate of drug-likeness (QED) is 0.311. The number of ether oxygens (including phenoxy) is 1. The van der Waals surface area contributed by atoms with Crippen LogP contribution >= 0.6 is 0 Å². The molecular formula is C28H26FN5O2. The van der Waals surface area contributed by atoms with Crippen molar-refractivity contribution in [1.29, 1.82) is 0 Å². The number of carbonyl (C=O) groups excluding carboxylic acids is 1. The molecule has 5 aromatic rings. The Kier molecular flexibility index (Phi) is 6.49. The summed E-state index contributed by atoms with van der Waals surface area (Å²) in [6.07, 6.45) is 3.86. The Morgan fingerprint density at radius 1 is 1.11 bits per heavy atom. The summed E-state index contributed by atoms with van der Waals surface area (Å²) in [5.41, 5.74) is 5.45. The van der Waals surface area contributed by atoms with Crippen LogP contribution < -0.4 is 10.1 Å². The average molecular weight is 484 g/mol. The van der Waals surface area contributed by atoms with Crippen molar-refractivity contribution in [2.45, 2.75) is 25.8 Å². The third-order valence-corrected chi connectivity index (χ3v) is 6.30. The van der Waals surface area contributed by atoms with E-state index in [1.165, 1.54) is 18.5 Å². The maximum absolute atomic E-state index is 14.1. The molecule has 36 heavy (non-hydrogen) atoms. The summed E-state index contributed by atoms with van der Waals surface area (Å²) in [6.45, 7) is 1.95. The highest BCUT2D eigenvalue weighted by atomic mass is 19.1. The monoisotopic (exact) mass is 483 g/mol. The molecule has 0 aliphatic heterocycles. The Labute approximate surface area is 208 Å². The lowest BCUT2D eigenvalue weighted by Crippen LogP contribution is -2.26. The molecule has 0 aliphatic carbocycles. The number of hydrogen-bond donors (Lipinski definition) is 2. The van der Waals surface area contributed by atoms with Crippen molar-refractivity contribution >= 4 is 16.8 Å². The van der Waals surface area contributed by atoms with Gasteiger partial charge >= 0.3 is 0 Å². The normalized spacial score (nSPS) is 12.0. The molecule has 0 saturated carbocycles. The van der Waals surface area contributed by atoms with E-state index in [2.05, 4.69) is 20.4 Å². The van der Waals surface area contributed by atoms with E-state index < -0.39 is 0 Å². The maximum atomic E-state index is 14.1. The Balaban J connectivity index is 1.31. The van der Waals surface area contributed by atoms with Crippen molar-refractivity contribution in [1.82, 2.24) is 25.1 Å². The molecule has 0 saturated heterocycles. The number of benzene rings is 3. The van der Waals surface area contributed by atoms with Crippen LogP contribution in [-0.4, -0.2) is 32.8 Å². The van der Waals surface area contributed by atoms with E-state index >= 15 is 0 Å². The number of nitrogens with zero attached hydrogens (tertiary/aromatic N) is 3. The van der Waals surface area contributed by atoms with Crippen LogP contribution in [0.15, 0.2) is 79.4 Å². The van der Waals surface area contributed by atoms with Gasteiger partial charge in [0, 0.05) is 23.0 Å². The first-order chi connectivity index (χ1) is 17.5. The fraction of sp³-hybridized carbons (Fsp3) is 0.179. The standard InChI is InChI=1S/C28H26FN5O2/c1-18(19-3-8-22(9-4-19)34-17-30-16-31-34)32-27(35)14-12-24-25-15-21(29)7-13-26(25)33-28(24)20-5-10-23(36-2)11-6-20/h3-11,13,15-18,33H,12,14H2,1-2H3,(H,32,35)/t18-/m1/s1. The number of aromatic amines is 1. The highest BCUT2D eigenvalue weighted by Gasteiger charge is 2.17. The number of halogens is 1. The van der Waals surface area contributed by atoms with E-state index in [0.29, 0.717) is 6.42 Å². The molecule has 7 nitrogen and oxygen atoms in total. The van der Waals surface area contributed by atoms with Gasteiger partial charge in [-0.1, -0.05) is 12.1 Å². The van der Waals surface area contributed by atoms with Gasteiger partial charge in [-0.3, -0.25) is 4.79 Å². The summed E-state index contributed by atoms with van der Waals surface area (Å²) >= 11 is 0. The molecule has 2 N–H and O–H groups in total. The topological polar surface area (TPSA) is 84.8 Å². The zero-order valence-corrected chi connectivity index (χ0v) is 20.0. The molecule has 0 aliphatic rings. The van der Waals surface area contributed by atoms with Crippen molar-refractivity contribution in [3.63, 3.8) is 0 Å². The number of H-pyrrole nitrogens is 1. The second-order valence-corrected chi connectivity index (χ2v) is 8.62. The van der Waals surface area contributed by atoms with Crippen LogP contribution in [0, 0.1) is 5.82 Å². The average Bonchev–Trinajstić information content (AvgIpc) is 3.56. The smallest absolute Gasteiger partial charge is 0.220 e. The van der Waals surface area contributed by atoms with E-state index in [-0.39, 0.29) is 24.2 Å². The number of amides is 1. The fourth-order valence-electron chi connectivity index (χ4n) is 4.38. The van der Waals surface area contributed by atoms with Crippen molar-refractivity contribution in [3.8, 4) is 22.7 Å². The number of aromatic nitrogens is 4. The largest absolute Gasteiger partial charge is 0.497 e. The molecule has 0 spiro atoms. The van der Waals surface area contributed by atoms with Crippen LogP contribution in [0.4, 0.5) is 4.39 Å². The fourth-order valence-corrected chi connectivity index (χ4v) is 4.38. The SMILES string of the molecule is COc1ccc(-c2[nH]c3ccc(F)cc3c2CCC(=O)N[C@H](C)c2ccc(-n3cncn3)cc2)cc1. The van der Waals surface area contributed by atoms with Crippen LogP contribution in [0.5, 0.6) is 5.75 Å². The number of carbonyl (C=O) groups is 1. The third-order valence-electron chi connectivity index (χ3n) is 6.30. The molecule has 0 unspecified atom stereocenters. The molecule has 1 atom stereocenters. The predicted octanol–water partition coefficient (Wildman–Crippen LogP) is 5.37. The number of methoxy groups -OCH3 is 1. The van der Waals surface area contributed by atoms with Gasteiger partial charge in [0.1, 0.15) is 24.2 Å². The molecule has 0 radical (unpaired) electrons. The Bertz CT molecular complexity index is 1480. The van der Waals surface area contributed by atoms with Crippen LogP contribution in [0.3, 0.4) is 0 Å².